The normalized spacial score (nSPS) is 20.6. The smallest absolute Gasteiger partial charge is 0.419 e. The van der Waals surface area contributed by atoms with E-state index in [4.69, 9.17) is 4.74 Å². The van der Waals surface area contributed by atoms with Crippen molar-refractivity contribution in [3.8, 4) is 5.75 Å². The van der Waals surface area contributed by atoms with Gasteiger partial charge in [-0.3, -0.25) is 4.79 Å². The average molecular weight is 316 g/mol. The van der Waals surface area contributed by atoms with Crippen LogP contribution in [0.4, 0.5) is 13.2 Å². The van der Waals surface area contributed by atoms with E-state index in [0.29, 0.717) is 19.6 Å². The lowest BCUT2D eigenvalue weighted by Gasteiger charge is -2.35. The summed E-state index contributed by atoms with van der Waals surface area (Å²) >= 11 is 0. The van der Waals surface area contributed by atoms with Gasteiger partial charge >= 0.3 is 6.18 Å². The van der Waals surface area contributed by atoms with Crippen LogP contribution in [0, 0.1) is 0 Å². The van der Waals surface area contributed by atoms with Crippen LogP contribution < -0.4 is 10.1 Å². The Bertz CT molecular complexity index is 534. The molecule has 0 aliphatic carbocycles. The van der Waals surface area contributed by atoms with Gasteiger partial charge in [0.1, 0.15) is 5.75 Å². The molecule has 1 saturated heterocycles. The predicted molar refractivity (Wildman–Crippen MR) is 75.6 cm³/mol. The summed E-state index contributed by atoms with van der Waals surface area (Å²) in [6, 6.07) is 4.91. The zero-order chi connectivity index (χ0) is 16.3. The Hall–Kier alpha value is -1.76. The van der Waals surface area contributed by atoms with Crippen molar-refractivity contribution in [1.82, 2.24) is 10.2 Å². The molecule has 2 unspecified atom stereocenters. The Morgan fingerprint density at radius 3 is 2.73 bits per heavy atom. The highest BCUT2D eigenvalue weighted by molar-refractivity contribution is 5.81. The molecule has 7 heteroatoms. The molecule has 22 heavy (non-hydrogen) atoms. The van der Waals surface area contributed by atoms with Crippen molar-refractivity contribution in [3.05, 3.63) is 29.8 Å². The summed E-state index contributed by atoms with van der Waals surface area (Å²) in [6.45, 7) is 5.22. The number of carbonyl (C=O) groups is 1. The molecule has 0 aromatic heterocycles. The maximum Gasteiger partial charge on any atom is 0.419 e. The van der Waals surface area contributed by atoms with E-state index < -0.39 is 17.8 Å². The van der Waals surface area contributed by atoms with Crippen molar-refractivity contribution in [2.45, 2.75) is 32.2 Å². The summed E-state index contributed by atoms with van der Waals surface area (Å²) in [5.74, 6) is -0.621. The fraction of sp³-hybridized carbons (Fsp3) is 0.533. The van der Waals surface area contributed by atoms with Crippen LogP contribution in [-0.2, 0) is 11.0 Å². The number of rotatable bonds is 3. The van der Waals surface area contributed by atoms with E-state index in [1.165, 1.54) is 25.1 Å². The molecular formula is C15H19F3N2O2. The summed E-state index contributed by atoms with van der Waals surface area (Å²) in [7, 11) is 0. The van der Waals surface area contributed by atoms with Gasteiger partial charge in [0.05, 0.1) is 5.56 Å². The second-order valence-electron chi connectivity index (χ2n) is 5.34. The summed E-state index contributed by atoms with van der Waals surface area (Å²) in [5.41, 5.74) is -0.872. The maximum absolute atomic E-state index is 12.9. The van der Waals surface area contributed by atoms with Crippen molar-refractivity contribution >= 4 is 5.91 Å². The number of ether oxygens (including phenoxy) is 1. The number of hydrogen-bond donors (Lipinski definition) is 1. The Kier molecular flexibility index (Phi) is 4.95. The molecule has 1 aromatic rings. The molecule has 1 aromatic carbocycles. The minimum Gasteiger partial charge on any atom is -0.480 e. The molecule has 0 saturated carbocycles. The lowest BCUT2D eigenvalue weighted by atomic mass is 10.1. The highest BCUT2D eigenvalue weighted by atomic mass is 19.4. The van der Waals surface area contributed by atoms with E-state index >= 15 is 0 Å². The van der Waals surface area contributed by atoms with Crippen molar-refractivity contribution in [1.29, 1.82) is 0 Å². The van der Waals surface area contributed by atoms with Gasteiger partial charge in [-0.15, -0.1) is 0 Å². The van der Waals surface area contributed by atoms with E-state index in [2.05, 4.69) is 5.32 Å². The number of piperazine rings is 1. The molecule has 1 N–H and O–H groups in total. The second kappa shape index (κ2) is 6.56. The van der Waals surface area contributed by atoms with Crippen LogP contribution in [0.25, 0.3) is 0 Å². The summed E-state index contributed by atoms with van der Waals surface area (Å²) in [4.78, 5) is 14.0. The van der Waals surface area contributed by atoms with Crippen LogP contribution in [0.1, 0.15) is 19.4 Å². The van der Waals surface area contributed by atoms with Crippen LogP contribution in [0.2, 0.25) is 0 Å². The first-order valence-corrected chi connectivity index (χ1v) is 7.15. The number of amides is 1. The molecule has 1 aliphatic heterocycles. The second-order valence-corrected chi connectivity index (χ2v) is 5.34. The Labute approximate surface area is 127 Å². The van der Waals surface area contributed by atoms with Gasteiger partial charge in [-0.05, 0) is 26.0 Å². The maximum atomic E-state index is 12.9. The first-order valence-electron chi connectivity index (χ1n) is 7.15. The van der Waals surface area contributed by atoms with Crippen LogP contribution >= 0.6 is 0 Å². The van der Waals surface area contributed by atoms with Gasteiger partial charge in [-0.1, -0.05) is 12.1 Å². The Morgan fingerprint density at radius 1 is 1.41 bits per heavy atom. The standard InChI is InChI=1S/C15H19F3N2O2/c1-10-9-19-7-8-20(10)14(21)11(2)22-13-6-4-3-5-12(13)15(16,17)18/h3-6,10-11,19H,7-9H2,1-2H3. The van der Waals surface area contributed by atoms with Gasteiger partial charge in [-0.2, -0.15) is 13.2 Å². The third kappa shape index (κ3) is 3.71. The minimum atomic E-state index is -4.51. The molecular weight excluding hydrogens is 297 g/mol. The third-order valence-corrected chi connectivity index (χ3v) is 3.63. The molecule has 1 amide bonds. The predicted octanol–water partition coefficient (Wildman–Crippen LogP) is 2.29. The van der Waals surface area contributed by atoms with E-state index in [1.807, 2.05) is 6.92 Å². The number of nitrogens with zero attached hydrogens (tertiary/aromatic N) is 1. The van der Waals surface area contributed by atoms with Gasteiger partial charge in [0.25, 0.3) is 5.91 Å². The molecule has 4 nitrogen and oxygen atoms in total. The highest BCUT2D eigenvalue weighted by Crippen LogP contribution is 2.36. The summed E-state index contributed by atoms with van der Waals surface area (Å²) in [5, 5.41) is 3.15. The quantitative estimate of drug-likeness (QED) is 0.930. The topological polar surface area (TPSA) is 41.6 Å². The first-order chi connectivity index (χ1) is 10.3. The van der Waals surface area contributed by atoms with E-state index in [1.54, 1.807) is 4.90 Å². The highest BCUT2D eigenvalue weighted by Gasteiger charge is 2.35. The van der Waals surface area contributed by atoms with E-state index in [-0.39, 0.29) is 17.7 Å². The van der Waals surface area contributed by atoms with Crippen molar-refractivity contribution in [3.63, 3.8) is 0 Å². The van der Waals surface area contributed by atoms with Crippen molar-refractivity contribution in [2.75, 3.05) is 19.6 Å². The zero-order valence-electron chi connectivity index (χ0n) is 12.5. The van der Waals surface area contributed by atoms with Gasteiger partial charge in [0.2, 0.25) is 0 Å². The zero-order valence-corrected chi connectivity index (χ0v) is 12.5. The SMILES string of the molecule is CC(Oc1ccccc1C(F)(F)F)C(=O)N1CCNCC1C. The van der Waals surface area contributed by atoms with E-state index in [0.717, 1.165) is 6.07 Å². The van der Waals surface area contributed by atoms with Gasteiger partial charge in [0, 0.05) is 25.7 Å². The van der Waals surface area contributed by atoms with Crippen molar-refractivity contribution < 1.29 is 22.7 Å². The molecule has 0 bridgehead atoms. The Morgan fingerprint density at radius 2 is 2.09 bits per heavy atom. The summed E-state index contributed by atoms with van der Waals surface area (Å²) < 4.78 is 44.1. The van der Waals surface area contributed by atoms with Gasteiger partial charge < -0.3 is 15.0 Å². The molecule has 122 valence electrons. The van der Waals surface area contributed by atoms with E-state index in [9.17, 15) is 18.0 Å². The fourth-order valence-electron chi connectivity index (χ4n) is 2.45. The fourth-order valence-corrected chi connectivity index (χ4v) is 2.45. The first kappa shape index (κ1) is 16.6. The molecule has 2 atom stereocenters. The molecule has 1 heterocycles. The lowest BCUT2D eigenvalue weighted by Crippen LogP contribution is -2.55. The number of benzene rings is 1. The van der Waals surface area contributed by atoms with Crippen LogP contribution in [-0.4, -0.2) is 42.6 Å². The van der Waals surface area contributed by atoms with Crippen molar-refractivity contribution in [2.24, 2.45) is 0 Å². The largest absolute Gasteiger partial charge is 0.480 e. The molecule has 1 aliphatic rings. The Balaban J connectivity index is 2.12. The van der Waals surface area contributed by atoms with Crippen LogP contribution in [0.3, 0.4) is 0 Å². The molecule has 2 rings (SSSR count). The number of alkyl halides is 3. The monoisotopic (exact) mass is 316 g/mol. The third-order valence-electron chi connectivity index (χ3n) is 3.63. The average Bonchev–Trinajstić information content (AvgIpc) is 2.46. The van der Waals surface area contributed by atoms with Crippen LogP contribution in [0.15, 0.2) is 24.3 Å². The number of carbonyl (C=O) groups excluding carboxylic acids is 1. The summed E-state index contributed by atoms with van der Waals surface area (Å²) in [6.07, 6.45) is -5.48. The molecule has 1 fully saturated rings. The minimum absolute atomic E-state index is 0.00911. The van der Waals surface area contributed by atoms with Crippen LogP contribution in [0.5, 0.6) is 5.75 Å². The number of hydrogen-bond acceptors (Lipinski definition) is 3. The molecule has 0 spiro atoms. The number of nitrogens with one attached hydrogen (secondary N) is 1. The molecule has 0 radical (unpaired) electrons. The number of halogens is 3. The van der Waals surface area contributed by atoms with Gasteiger partial charge in [-0.25, -0.2) is 0 Å². The lowest BCUT2D eigenvalue weighted by molar-refractivity contribution is -0.145. The number of para-hydroxylation sites is 1. The van der Waals surface area contributed by atoms with Gasteiger partial charge in [0.15, 0.2) is 6.10 Å².